The van der Waals surface area contributed by atoms with Gasteiger partial charge < -0.3 is 20.0 Å². The van der Waals surface area contributed by atoms with E-state index < -0.39 is 0 Å². The fourth-order valence-corrected chi connectivity index (χ4v) is 3.86. The van der Waals surface area contributed by atoms with Crippen LogP contribution in [0.2, 0.25) is 0 Å². The molecule has 1 N–H and O–H groups in total. The maximum Gasteiger partial charge on any atom is 0.319 e. The number of carbonyl (C=O) groups excluding carboxylic acids is 3. The van der Waals surface area contributed by atoms with Crippen LogP contribution in [0.5, 0.6) is 0 Å². The van der Waals surface area contributed by atoms with E-state index in [1.807, 2.05) is 29.2 Å². The first-order valence-electron chi connectivity index (χ1n) is 10.1. The molecule has 0 unspecified atom stereocenters. The van der Waals surface area contributed by atoms with E-state index in [1.165, 1.54) is 0 Å². The molecule has 152 valence electrons. The second-order valence-electron chi connectivity index (χ2n) is 7.90. The van der Waals surface area contributed by atoms with Gasteiger partial charge in [-0.05, 0) is 43.4 Å². The number of benzene rings is 1. The average molecular weight is 386 g/mol. The van der Waals surface area contributed by atoms with Crippen molar-refractivity contribution in [2.75, 3.05) is 39.0 Å². The van der Waals surface area contributed by atoms with Crippen molar-refractivity contribution in [3.05, 3.63) is 29.8 Å². The molecule has 1 aromatic rings. The van der Waals surface area contributed by atoms with Crippen LogP contribution in [0.4, 0.5) is 10.5 Å². The topological polar surface area (TPSA) is 73.0 Å². The van der Waals surface area contributed by atoms with Crippen LogP contribution >= 0.6 is 0 Å². The van der Waals surface area contributed by atoms with E-state index in [0.29, 0.717) is 38.9 Å². The molecule has 2 saturated heterocycles. The number of urea groups is 1. The molecule has 1 aromatic carbocycles. The Hall–Kier alpha value is -2.57. The van der Waals surface area contributed by atoms with Crippen molar-refractivity contribution < 1.29 is 14.4 Å². The summed E-state index contributed by atoms with van der Waals surface area (Å²) in [6.45, 7) is 2.60. The van der Waals surface area contributed by atoms with Crippen molar-refractivity contribution in [3.63, 3.8) is 0 Å². The fourth-order valence-electron chi connectivity index (χ4n) is 3.86. The number of nitrogens with one attached hydrogen (secondary N) is 1. The van der Waals surface area contributed by atoms with Crippen molar-refractivity contribution in [3.8, 4) is 0 Å². The third-order valence-electron chi connectivity index (χ3n) is 5.51. The van der Waals surface area contributed by atoms with Crippen molar-refractivity contribution in [1.29, 1.82) is 0 Å². The number of anilines is 1. The smallest absolute Gasteiger partial charge is 0.319 e. The largest absolute Gasteiger partial charge is 0.338 e. The molecule has 4 amide bonds. The van der Waals surface area contributed by atoms with Gasteiger partial charge >= 0.3 is 6.03 Å². The normalized spacial score (nSPS) is 18.1. The molecular weight excluding hydrogens is 356 g/mol. The molecule has 2 aliphatic heterocycles. The molecule has 7 nitrogen and oxygen atoms in total. The number of rotatable bonds is 4. The van der Waals surface area contributed by atoms with Gasteiger partial charge in [0.2, 0.25) is 11.8 Å². The first kappa shape index (κ1) is 20.2. The summed E-state index contributed by atoms with van der Waals surface area (Å²) in [5, 5.41) is 3.01. The summed E-state index contributed by atoms with van der Waals surface area (Å²) in [4.78, 5) is 41.9. The van der Waals surface area contributed by atoms with Gasteiger partial charge in [0, 0.05) is 58.3 Å². The highest BCUT2D eigenvalue weighted by Gasteiger charge is 2.28. The van der Waals surface area contributed by atoms with Crippen LogP contribution < -0.4 is 5.32 Å². The van der Waals surface area contributed by atoms with Crippen molar-refractivity contribution in [2.45, 2.75) is 38.6 Å². The minimum atomic E-state index is -0.0847. The molecule has 0 spiro atoms. The lowest BCUT2D eigenvalue weighted by Crippen LogP contribution is -2.45. The van der Waals surface area contributed by atoms with Gasteiger partial charge in [0.25, 0.3) is 0 Å². The predicted octanol–water partition coefficient (Wildman–Crippen LogP) is 2.53. The first-order valence-corrected chi connectivity index (χ1v) is 10.1. The molecule has 2 fully saturated rings. The molecule has 2 aliphatic rings. The minimum Gasteiger partial charge on any atom is -0.338 e. The standard InChI is InChI=1S/C21H30N4O3/c1-23(2)21(28)24-12-9-17(10-13-24)20(27)22-18-7-5-6-16(14-18)15-25-11-4-3-8-19(25)26/h5-7,14,17H,3-4,8-13,15H2,1-2H3,(H,22,27). The van der Waals surface area contributed by atoms with Gasteiger partial charge in [0.15, 0.2) is 0 Å². The minimum absolute atomic E-state index is 0.00109. The molecule has 2 heterocycles. The van der Waals surface area contributed by atoms with E-state index >= 15 is 0 Å². The van der Waals surface area contributed by atoms with Gasteiger partial charge in [-0.25, -0.2) is 4.79 Å². The van der Waals surface area contributed by atoms with Crippen LogP contribution in [0.15, 0.2) is 24.3 Å². The van der Waals surface area contributed by atoms with Crippen LogP contribution in [-0.2, 0) is 16.1 Å². The quantitative estimate of drug-likeness (QED) is 0.864. The Morgan fingerprint density at radius 3 is 2.57 bits per heavy atom. The Labute approximate surface area is 166 Å². The highest BCUT2D eigenvalue weighted by Crippen LogP contribution is 2.21. The maximum absolute atomic E-state index is 12.6. The summed E-state index contributed by atoms with van der Waals surface area (Å²) in [5.41, 5.74) is 1.79. The molecule has 0 saturated carbocycles. The highest BCUT2D eigenvalue weighted by molar-refractivity contribution is 5.92. The van der Waals surface area contributed by atoms with Crippen LogP contribution in [0.25, 0.3) is 0 Å². The van der Waals surface area contributed by atoms with E-state index in [9.17, 15) is 14.4 Å². The Kier molecular flexibility index (Phi) is 6.54. The van der Waals surface area contributed by atoms with Gasteiger partial charge in [-0.1, -0.05) is 12.1 Å². The number of likely N-dealkylation sites (tertiary alicyclic amines) is 2. The van der Waals surface area contributed by atoms with Crippen molar-refractivity contribution in [1.82, 2.24) is 14.7 Å². The summed E-state index contributed by atoms with van der Waals surface area (Å²) in [6.07, 6.45) is 4.01. The van der Waals surface area contributed by atoms with Crippen LogP contribution in [-0.4, -0.2) is 66.3 Å². The van der Waals surface area contributed by atoms with E-state index in [2.05, 4.69) is 5.32 Å². The second kappa shape index (κ2) is 9.08. The summed E-state index contributed by atoms with van der Waals surface area (Å²) in [5.74, 6) is 0.126. The zero-order valence-electron chi connectivity index (χ0n) is 16.8. The van der Waals surface area contributed by atoms with Gasteiger partial charge in [-0.2, -0.15) is 0 Å². The summed E-state index contributed by atoms with van der Waals surface area (Å²) in [7, 11) is 3.48. The van der Waals surface area contributed by atoms with Crippen LogP contribution in [0, 0.1) is 5.92 Å². The molecule has 7 heteroatoms. The van der Waals surface area contributed by atoms with Crippen LogP contribution in [0.1, 0.15) is 37.7 Å². The summed E-state index contributed by atoms with van der Waals surface area (Å²) >= 11 is 0. The van der Waals surface area contributed by atoms with Crippen molar-refractivity contribution >= 4 is 23.5 Å². The number of hydrogen-bond donors (Lipinski definition) is 1. The SMILES string of the molecule is CN(C)C(=O)N1CCC(C(=O)Nc2cccc(CN3CCCCC3=O)c2)CC1. The second-order valence-corrected chi connectivity index (χ2v) is 7.90. The third kappa shape index (κ3) is 5.03. The zero-order chi connectivity index (χ0) is 20.1. The van der Waals surface area contributed by atoms with Gasteiger partial charge in [0.05, 0.1) is 0 Å². The number of hydrogen-bond acceptors (Lipinski definition) is 3. The third-order valence-corrected chi connectivity index (χ3v) is 5.51. The number of piperidine rings is 2. The summed E-state index contributed by atoms with van der Waals surface area (Å²) < 4.78 is 0. The summed E-state index contributed by atoms with van der Waals surface area (Å²) in [6, 6.07) is 7.73. The first-order chi connectivity index (χ1) is 13.4. The Bertz CT molecular complexity index is 726. The van der Waals surface area contributed by atoms with E-state index in [0.717, 1.165) is 30.6 Å². The molecule has 0 aliphatic carbocycles. The highest BCUT2D eigenvalue weighted by atomic mass is 16.2. The van der Waals surface area contributed by atoms with E-state index in [1.54, 1.807) is 23.9 Å². The Morgan fingerprint density at radius 1 is 1.14 bits per heavy atom. The predicted molar refractivity (Wildman–Crippen MR) is 108 cm³/mol. The lowest BCUT2D eigenvalue weighted by Gasteiger charge is -2.33. The van der Waals surface area contributed by atoms with Gasteiger partial charge in [0.1, 0.15) is 0 Å². The van der Waals surface area contributed by atoms with Crippen molar-refractivity contribution in [2.24, 2.45) is 5.92 Å². The molecule has 0 atom stereocenters. The Morgan fingerprint density at radius 2 is 1.89 bits per heavy atom. The maximum atomic E-state index is 12.6. The number of amides is 4. The van der Waals surface area contributed by atoms with E-state index in [4.69, 9.17) is 0 Å². The van der Waals surface area contributed by atoms with E-state index in [-0.39, 0.29) is 23.8 Å². The monoisotopic (exact) mass is 386 g/mol. The van der Waals surface area contributed by atoms with Crippen LogP contribution in [0.3, 0.4) is 0 Å². The molecule has 0 bridgehead atoms. The fraction of sp³-hybridized carbons (Fsp3) is 0.571. The Balaban J connectivity index is 1.53. The van der Waals surface area contributed by atoms with Gasteiger partial charge in [-0.15, -0.1) is 0 Å². The molecule has 0 aromatic heterocycles. The molecule has 0 radical (unpaired) electrons. The van der Waals surface area contributed by atoms with Gasteiger partial charge in [-0.3, -0.25) is 9.59 Å². The zero-order valence-corrected chi connectivity index (χ0v) is 16.8. The number of nitrogens with zero attached hydrogens (tertiary/aromatic N) is 3. The number of carbonyl (C=O) groups is 3. The molecule has 28 heavy (non-hydrogen) atoms. The lowest BCUT2D eigenvalue weighted by molar-refractivity contribution is -0.133. The lowest BCUT2D eigenvalue weighted by atomic mass is 9.96. The molecular formula is C21H30N4O3. The molecule has 3 rings (SSSR count). The average Bonchev–Trinajstić information content (AvgIpc) is 2.69.